The molecule has 0 aliphatic rings. The summed E-state index contributed by atoms with van der Waals surface area (Å²) in [5, 5.41) is 11.3. The van der Waals surface area contributed by atoms with Crippen molar-refractivity contribution in [2.75, 3.05) is 6.54 Å². The Hall–Kier alpha value is -3.84. The van der Waals surface area contributed by atoms with E-state index in [4.69, 9.17) is 4.98 Å². The highest BCUT2D eigenvalue weighted by molar-refractivity contribution is 7.13. The summed E-state index contributed by atoms with van der Waals surface area (Å²) < 4.78 is 1.38. The number of fused-ring (bicyclic) bond motifs is 2. The first-order chi connectivity index (χ1) is 15.2. The zero-order valence-electron chi connectivity index (χ0n) is 16.5. The number of amides is 1. The van der Waals surface area contributed by atoms with Crippen molar-refractivity contribution in [2.45, 2.75) is 6.54 Å². The number of nitrogens with zero attached hydrogens (tertiary/aromatic N) is 3. The fraction of sp³-hybridized carbons (Fsp3) is 0.0833. The van der Waals surface area contributed by atoms with Crippen LogP contribution in [0.4, 0.5) is 0 Å². The van der Waals surface area contributed by atoms with Crippen molar-refractivity contribution in [2.24, 2.45) is 0 Å². The van der Waals surface area contributed by atoms with Gasteiger partial charge in [-0.05, 0) is 29.6 Å². The van der Waals surface area contributed by atoms with Crippen LogP contribution in [0.5, 0.6) is 0 Å². The van der Waals surface area contributed by atoms with E-state index in [9.17, 15) is 9.59 Å². The van der Waals surface area contributed by atoms with Gasteiger partial charge in [0.05, 0.1) is 39.8 Å². The highest BCUT2D eigenvalue weighted by atomic mass is 32.1. The third-order valence-corrected chi connectivity index (χ3v) is 6.00. The number of benzene rings is 2. The molecule has 0 saturated carbocycles. The first kappa shape index (κ1) is 19.1. The Labute approximate surface area is 181 Å². The number of aromatic nitrogens is 3. The normalized spacial score (nSPS) is 11.1. The molecule has 0 fully saturated rings. The van der Waals surface area contributed by atoms with Crippen molar-refractivity contribution in [3.63, 3.8) is 0 Å². The molecule has 31 heavy (non-hydrogen) atoms. The molecule has 1 N–H and O–H groups in total. The number of pyridine rings is 1. The van der Waals surface area contributed by atoms with E-state index in [2.05, 4.69) is 10.4 Å². The monoisotopic (exact) mass is 426 g/mol. The molecule has 3 aromatic heterocycles. The molecular formula is C24H18N4O2S. The van der Waals surface area contributed by atoms with E-state index in [0.29, 0.717) is 10.9 Å². The maximum atomic E-state index is 13.0. The predicted molar refractivity (Wildman–Crippen MR) is 123 cm³/mol. The summed E-state index contributed by atoms with van der Waals surface area (Å²) in [7, 11) is 0. The van der Waals surface area contributed by atoms with Crippen molar-refractivity contribution in [3.05, 3.63) is 94.2 Å². The SMILES string of the molecule is O=C(NCCn1ncc2ccccc2c1=O)c1cc(-c2cccs2)nc2ccccc12. The van der Waals surface area contributed by atoms with Gasteiger partial charge in [-0.3, -0.25) is 9.59 Å². The molecule has 0 aliphatic carbocycles. The van der Waals surface area contributed by atoms with Gasteiger partial charge in [0.25, 0.3) is 11.5 Å². The lowest BCUT2D eigenvalue weighted by Crippen LogP contribution is -2.32. The largest absolute Gasteiger partial charge is 0.350 e. The van der Waals surface area contributed by atoms with E-state index in [-0.39, 0.29) is 24.6 Å². The van der Waals surface area contributed by atoms with Crippen LogP contribution in [0.2, 0.25) is 0 Å². The maximum absolute atomic E-state index is 13.0. The third-order valence-electron chi connectivity index (χ3n) is 5.11. The number of thiophene rings is 1. The van der Waals surface area contributed by atoms with Crippen LogP contribution >= 0.6 is 11.3 Å². The van der Waals surface area contributed by atoms with Gasteiger partial charge < -0.3 is 5.32 Å². The molecule has 0 aliphatic heterocycles. The Morgan fingerprint density at radius 3 is 2.65 bits per heavy atom. The average molecular weight is 427 g/mol. The van der Waals surface area contributed by atoms with Crippen molar-refractivity contribution in [1.82, 2.24) is 20.1 Å². The Morgan fingerprint density at radius 1 is 1.00 bits per heavy atom. The molecule has 0 bridgehead atoms. The number of nitrogens with one attached hydrogen (secondary N) is 1. The lowest BCUT2D eigenvalue weighted by molar-refractivity contribution is 0.0953. The molecule has 0 saturated heterocycles. The van der Waals surface area contributed by atoms with E-state index in [1.807, 2.05) is 66.0 Å². The molecule has 2 aromatic carbocycles. The summed E-state index contributed by atoms with van der Waals surface area (Å²) in [6, 6.07) is 20.7. The molecule has 0 radical (unpaired) electrons. The molecule has 0 spiro atoms. The van der Waals surface area contributed by atoms with Gasteiger partial charge in [-0.25, -0.2) is 9.67 Å². The van der Waals surface area contributed by atoms with E-state index >= 15 is 0 Å². The topological polar surface area (TPSA) is 76.9 Å². The molecule has 0 atom stereocenters. The molecule has 6 nitrogen and oxygen atoms in total. The summed E-state index contributed by atoms with van der Waals surface area (Å²) in [6.45, 7) is 0.575. The third kappa shape index (κ3) is 3.71. The van der Waals surface area contributed by atoms with Gasteiger partial charge in [-0.15, -0.1) is 11.3 Å². The molecule has 7 heteroatoms. The second-order valence-corrected chi connectivity index (χ2v) is 8.01. The van der Waals surface area contributed by atoms with E-state index in [1.165, 1.54) is 4.68 Å². The fourth-order valence-electron chi connectivity index (χ4n) is 3.57. The van der Waals surface area contributed by atoms with Crippen LogP contribution in [-0.2, 0) is 6.54 Å². The van der Waals surface area contributed by atoms with Crippen LogP contribution in [0.1, 0.15) is 10.4 Å². The molecule has 0 unspecified atom stereocenters. The number of hydrogen-bond acceptors (Lipinski definition) is 5. The molecule has 1 amide bonds. The van der Waals surface area contributed by atoms with Crippen LogP contribution in [0.3, 0.4) is 0 Å². The van der Waals surface area contributed by atoms with Crippen LogP contribution in [0.25, 0.3) is 32.2 Å². The highest BCUT2D eigenvalue weighted by Gasteiger charge is 2.14. The lowest BCUT2D eigenvalue weighted by Gasteiger charge is -2.11. The Bertz CT molecular complexity index is 1460. The first-order valence-electron chi connectivity index (χ1n) is 9.87. The number of para-hydroxylation sites is 1. The average Bonchev–Trinajstić information content (AvgIpc) is 3.35. The fourth-order valence-corrected chi connectivity index (χ4v) is 4.26. The summed E-state index contributed by atoms with van der Waals surface area (Å²) >= 11 is 1.58. The maximum Gasteiger partial charge on any atom is 0.274 e. The van der Waals surface area contributed by atoms with Crippen LogP contribution in [0.15, 0.2) is 83.1 Å². The zero-order valence-corrected chi connectivity index (χ0v) is 17.3. The van der Waals surface area contributed by atoms with Gasteiger partial charge in [0.15, 0.2) is 0 Å². The smallest absolute Gasteiger partial charge is 0.274 e. The Balaban J connectivity index is 1.40. The van der Waals surface area contributed by atoms with E-state index < -0.39 is 0 Å². The summed E-state index contributed by atoms with van der Waals surface area (Å²) in [6.07, 6.45) is 1.67. The summed E-state index contributed by atoms with van der Waals surface area (Å²) in [4.78, 5) is 31.3. The highest BCUT2D eigenvalue weighted by Crippen LogP contribution is 2.27. The van der Waals surface area contributed by atoms with Crippen molar-refractivity contribution in [1.29, 1.82) is 0 Å². The summed E-state index contributed by atoms with van der Waals surface area (Å²) in [5.41, 5.74) is 1.94. The first-order valence-corrected chi connectivity index (χ1v) is 10.8. The van der Waals surface area contributed by atoms with Gasteiger partial charge >= 0.3 is 0 Å². The lowest BCUT2D eigenvalue weighted by atomic mass is 10.1. The number of rotatable bonds is 5. The summed E-state index contributed by atoms with van der Waals surface area (Å²) in [5.74, 6) is -0.203. The minimum atomic E-state index is -0.203. The van der Waals surface area contributed by atoms with Gasteiger partial charge in [-0.2, -0.15) is 5.10 Å². The van der Waals surface area contributed by atoms with Crippen LogP contribution in [-0.4, -0.2) is 27.2 Å². The molecule has 5 aromatic rings. The minimum absolute atomic E-state index is 0.165. The van der Waals surface area contributed by atoms with Crippen molar-refractivity contribution < 1.29 is 4.79 Å². The zero-order chi connectivity index (χ0) is 21.2. The standard InChI is InChI=1S/C24H18N4O2S/c29-23(25-11-12-28-24(30)17-7-2-1-6-16(17)15-26-28)19-14-21(22-10-5-13-31-22)27-20-9-4-3-8-18(19)20/h1-10,13-15H,11-12H2,(H,25,29). The van der Waals surface area contributed by atoms with Gasteiger partial charge in [0.2, 0.25) is 0 Å². The number of carbonyl (C=O) groups is 1. The minimum Gasteiger partial charge on any atom is -0.350 e. The van der Waals surface area contributed by atoms with Crippen LogP contribution < -0.4 is 10.9 Å². The quantitative estimate of drug-likeness (QED) is 0.459. The second kappa shape index (κ2) is 8.12. The molecular weight excluding hydrogens is 408 g/mol. The number of hydrogen-bond donors (Lipinski definition) is 1. The van der Waals surface area contributed by atoms with E-state index in [1.54, 1.807) is 23.6 Å². The van der Waals surface area contributed by atoms with Crippen molar-refractivity contribution in [3.8, 4) is 10.6 Å². The predicted octanol–water partition coefficient (Wildman–Crippen LogP) is 4.10. The van der Waals surface area contributed by atoms with Gasteiger partial charge in [0, 0.05) is 17.3 Å². The molecule has 152 valence electrons. The van der Waals surface area contributed by atoms with Crippen LogP contribution in [0, 0.1) is 0 Å². The molecule has 3 heterocycles. The second-order valence-electron chi connectivity index (χ2n) is 7.07. The van der Waals surface area contributed by atoms with Gasteiger partial charge in [-0.1, -0.05) is 42.5 Å². The van der Waals surface area contributed by atoms with Gasteiger partial charge in [0.1, 0.15) is 0 Å². The number of carbonyl (C=O) groups excluding carboxylic acids is 1. The van der Waals surface area contributed by atoms with Crippen molar-refractivity contribution >= 4 is 38.9 Å². The Kier molecular flexibility index (Phi) is 5.01. The van der Waals surface area contributed by atoms with E-state index in [0.717, 1.165) is 26.9 Å². The molecule has 5 rings (SSSR count). The Morgan fingerprint density at radius 2 is 1.81 bits per heavy atom.